The smallest absolute Gasteiger partial charge is 0.241 e. The Bertz CT molecular complexity index is 1020. The summed E-state index contributed by atoms with van der Waals surface area (Å²) in [6.07, 6.45) is 1.79. The van der Waals surface area contributed by atoms with Crippen molar-refractivity contribution < 1.29 is 14.1 Å². The molecular weight excluding hydrogens is 416 g/mol. The fourth-order valence-corrected chi connectivity index (χ4v) is 3.94. The summed E-state index contributed by atoms with van der Waals surface area (Å²) in [5, 5.41) is 7.65. The molecule has 1 unspecified atom stereocenters. The van der Waals surface area contributed by atoms with E-state index in [2.05, 4.69) is 20.4 Å². The summed E-state index contributed by atoms with van der Waals surface area (Å²) in [5.74, 6) is 1.72. The van der Waals surface area contributed by atoms with Gasteiger partial charge in [-0.1, -0.05) is 28.9 Å². The standard InChI is InChI=1S/C23H25ClN4O3/c1-2-30-18-11-9-17(10-12-18)25-23(29)16-6-5-13-28(14-16)15-21-26-22(27-31-21)19-7-3-4-8-20(19)24/h3-4,7-12,16H,2,5-6,13-15H2,1H3,(H,25,29). The quantitative estimate of drug-likeness (QED) is 0.576. The molecule has 1 aromatic heterocycles. The van der Waals surface area contributed by atoms with Gasteiger partial charge in [-0.05, 0) is 62.7 Å². The Balaban J connectivity index is 1.34. The van der Waals surface area contributed by atoms with Crippen molar-refractivity contribution in [2.45, 2.75) is 26.3 Å². The molecule has 1 aliphatic heterocycles. The van der Waals surface area contributed by atoms with E-state index in [4.69, 9.17) is 20.9 Å². The molecule has 1 fully saturated rings. The van der Waals surface area contributed by atoms with Gasteiger partial charge in [0.05, 0.1) is 24.1 Å². The van der Waals surface area contributed by atoms with Gasteiger partial charge < -0.3 is 14.6 Å². The number of halogens is 1. The molecule has 1 saturated heterocycles. The van der Waals surface area contributed by atoms with Crippen LogP contribution in [-0.2, 0) is 11.3 Å². The fraction of sp³-hybridized carbons (Fsp3) is 0.348. The molecule has 7 nitrogen and oxygen atoms in total. The number of nitrogens with zero attached hydrogens (tertiary/aromatic N) is 3. The van der Waals surface area contributed by atoms with Crippen molar-refractivity contribution in [1.82, 2.24) is 15.0 Å². The van der Waals surface area contributed by atoms with Gasteiger partial charge in [0.1, 0.15) is 5.75 Å². The summed E-state index contributed by atoms with van der Waals surface area (Å²) in [6.45, 7) is 4.59. The number of carbonyl (C=O) groups excluding carboxylic acids is 1. The second kappa shape index (κ2) is 9.94. The minimum absolute atomic E-state index is 0.0242. The Labute approximate surface area is 186 Å². The first-order chi connectivity index (χ1) is 15.1. The van der Waals surface area contributed by atoms with Gasteiger partial charge in [-0.25, -0.2) is 0 Å². The summed E-state index contributed by atoms with van der Waals surface area (Å²) < 4.78 is 10.9. The highest BCUT2D eigenvalue weighted by Gasteiger charge is 2.27. The van der Waals surface area contributed by atoms with Gasteiger partial charge in [0, 0.05) is 17.8 Å². The van der Waals surface area contributed by atoms with Gasteiger partial charge in [0.2, 0.25) is 17.6 Å². The summed E-state index contributed by atoms with van der Waals surface area (Å²) in [6, 6.07) is 14.8. The lowest BCUT2D eigenvalue weighted by Gasteiger charge is -2.30. The lowest BCUT2D eigenvalue weighted by atomic mass is 9.97. The Morgan fingerprint density at radius 1 is 1.26 bits per heavy atom. The van der Waals surface area contributed by atoms with Crippen LogP contribution in [0.15, 0.2) is 53.1 Å². The molecule has 2 aromatic carbocycles. The summed E-state index contributed by atoms with van der Waals surface area (Å²) >= 11 is 6.22. The number of piperidine rings is 1. The molecule has 0 spiro atoms. The SMILES string of the molecule is CCOc1ccc(NC(=O)C2CCCN(Cc3nc(-c4ccccc4Cl)no3)C2)cc1. The normalized spacial score (nSPS) is 16.8. The zero-order valence-electron chi connectivity index (χ0n) is 17.4. The van der Waals surface area contributed by atoms with Crippen molar-refractivity contribution in [3.8, 4) is 17.1 Å². The van der Waals surface area contributed by atoms with E-state index in [-0.39, 0.29) is 11.8 Å². The van der Waals surface area contributed by atoms with Crippen molar-refractivity contribution in [1.29, 1.82) is 0 Å². The third-order valence-electron chi connectivity index (χ3n) is 5.25. The number of amides is 1. The highest BCUT2D eigenvalue weighted by Crippen LogP contribution is 2.26. The molecule has 4 rings (SSSR count). The minimum atomic E-state index is -0.0914. The molecule has 0 radical (unpaired) electrons. The monoisotopic (exact) mass is 440 g/mol. The molecule has 3 aromatic rings. The summed E-state index contributed by atoms with van der Waals surface area (Å²) in [5.41, 5.74) is 1.51. The van der Waals surface area contributed by atoms with E-state index < -0.39 is 0 Å². The molecule has 1 atom stereocenters. The van der Waals surface area contributed by atoms with Crippen LogP contribution in [0.2, 0.25) is 5.02 Å². The van der Waals surface area contributed by atoms with Crippen LogP contribution >= 0.6 is 11.6 Å². The molecule has 0 aliphatic carbocycles. The fourth-order valence-electron chi connectivity index (χ4n) is 3.72. The lowest BCUT2D eigenvalue weighted by Crippen LogP contribution is -2.40. The highest BCUT2D eigenvalue weighted by molar-refractivity contribution is 6.33. The van der Waals surface area contributed by atoms with Crippen LogP contribution in [-0.4, -0.2) is 40.6 Å². The number of ether oxygens (including phenoxy) is 1. The van der Waals surface area contributed by atoms with Crippen LogP contribution in [0.3, 0.4) is 0 Å². The number of likely N-dealkylation sites (tertiary alicyclic amines) is 1. The van der Waals surface area contributed by atoms with Crippen LogP contribution in [0.5, 0.6) is 5.75 Å². The first-order valence-corrected chi connectivity index (χ1v) is 10.8. The Hall–Kier alpha value is -2.90. The average Bonchev–Trinajstić information content (AvgIpc) is 3.24. The maximum Gasteiger partial charge on any atom is 0.241 e. The molecule has 31 heavy (non-hydrogen) atoms. The van der Waals surface area contributed by atoms with Crippen molar-refractivity contribution in [2.75, 3.05) is 25.0 Å². The number of rotatable bonds is 7. The first-order valence-electron chi connectivity index (χ1n) is 10.5. The van der Waals surface area contributed by atoms with Gasteiger partial charge in [0.15, 0.2) is 0 Å². The molecule has 8 heteroatoms. The third-order valence-corrected chi connectivity index (χ3v) is 5.58. The molecule has 0 saturated carbocycles. The molecular formula is C23H25ClN4O3. The third kappa shape index (κ3) is 5.42. The van der Waals surface area contributed by atoms with Gasteiger partial charge >= 0.3 is 0 Å². The second-order valence-corrected chi connectivity index (χ2v) is 7.92. The van der Waals surface area contributed by atoms with E-state index in [1.165, 1.54) is 0 Å². The van der Waals surface area contributed by atoms with E-state index >= 15 is 0 Å². The highest BCUT2D eigenvalue weighted by atomic mass is 35.5. The molecule has 0 bridgehead atoms. The van der Waals surface area contributed by atoms with Crippen LogP contribution in [0.1, 0.15) is 25.7 Å². The predicted molar refractivity (Wildman–Crippen MR) is 119 cm³/mol. The summed E-state index contributed by atoms with van der Waals surface area (Å²) in [7, 11) is 0. The van der Waals surface area contributed by atoms with Gasteiger partial charge in [-0.15, -0.1) is 0 Å². The largest absolute Gasteiger partial charge is 0.494 e. The Kier molecular flexibility index (Phi) is 6.84. The average molecular weight is 441 g/mol. The topological polar surface area (TPSA) is 80.5 Å². The van der Waals surface area contributed by atoms with Crippen molar-refractivity contribution in [3.63, 3.8) is 0 Å². The van der Waals surface area contributed by atoms with Gasteiger partial charge in [-0.3, -0.25) is 9.69 Å². The van der Waals surface area contributed by atoms with Crippen molar-refractivity contribution >= 4 is 23.2 Å². The zero-order valence-corrected chi connectivity index (χ0v) is 18.1. The van der Waals surface area contributed by atoms with Crippen LogP contribution < -0.4 is 10.1 Å². The number of benzene rings is 2. The zero-order chi connectivity index (χ0) is 21.6. The molecule has 162 valence electrons. The van der Waals surface area contributed by atoms with Gasteiger partial charge in [0.25, 0.3) is 0 Å². The van der Waals surface area contributed by atoms with E-state index in [9.17, 15) is 4.79 Å². The number of carbonyl (C=O) groups is 1. The van der Waals surface area contributed by atoms with E-state index in [0.29, 0.717) is 36.4 Å². The number of nitrogens with one attached hydrogen (secondary N) is 1. The predicted octanol–water partition coefficient (Wildman–Crippen LogP) is 4.64. The summed E-state index contributed by atoms with van der Waals surface area (Å²) in [4.78, 5) is 19.4. The molecule has 1 amide bonds. The maximum atomic E-state index is 12.8. The molecule has 1 N–H and O–H groups in total. The maximum absolute atomic E-state index is 12.8. The molecule has 2 heterocycles. The number of hydrogen-bond donors (Lipinski definition) is 1. The molecule has 1 aliphatic rings. The first kappa shape index (κ1) is 21.3. The van der Waals surface area contributed by atoms with E-state index in [1.54, 1.807) is 6.07 Å². The van der Waals surface area contributed by atoms with Crippen LogP contribution in [0.4, 0.5) is 5.69 Å². The van der Waals surface area contributed by atoms with Crippen molar-refractivity contribution in [2.24, 2.45) is 5.92 Å². The van der Waals surface area contributed by atoms with Gasteiger partial charge in [-0.2, -0.15) is 4.98 Å². The Morgan fingerprint density at radius 2 is 2.06 bits per heavy atom. The number of hydrogen-bond acceptors (Lipinski definition) is 6. The lowest BCUT2D eigenvalue weighted by molar-refractivity contribution is -0.121. The van der Waals surface area contributed by atoms with Crippen molar-refractivity contribution in [3.05, 3.63) is 59.4 Å². The number of anilines is 1. The van der Waals surface area contributed by atoms with Crippen LogP contribution in [0, 0.1) is 5.92 Å². The minimum Gasteiger partial charge on any atom is -0.494 e. The van der Waals surface area contributed by atoms with Crippen LogP contribution in [0.25, 0.3) is 11.4 Å². The Morgan fingerprint density at radius 3 is 2.84 bits per heavy atom. The van der Waals surface area contributed by atoms with E-state index in [1.807, 2.05) is 49.4 Å². The number of aromatic nitrogens is 2. The second-order valence-electron chi connectivity index (χ2n) is 7.51. The van der Waals surface area contributed by atoms with E-state index in [0.717, 1.165) is 36.4 Å².